The Labute approximate surface area is 203 Å². The van der Waals surface area contributed by atoms with Gasteiger partial charge in [0.05, 0.1) is 6.61 Å². The van der Waals surface area contributed by atoms with E-state index in [1.165, 1.54) is 0 Å². The van der Waals surface area contributed by atoms with E-state index in [1.54, 1.807) is 24.5 Å². The lowest BCUT2D eigenvalue weighted by molar-refractivity contribution is 0.235. The molecule has 0 saturated carbocycles. The van der Waals surface area contributed by atoms with E-state index in [4.69, 9.17) is 0 Å². The van der Waals surface area contributed by atoms with Crippen LogP contribution in [-0.2, 0) is 0 Å². The highest BCUT2D eigenvalue weighted by atomic mass is 16.3. The summed E-state index contributed by atoms with van der Waals surface area (Å²) in [7, 11) is 0. The number of hydrogen-bond donors (Lipinski definition) is 4. The number of rotatable bonds is 7. The van der Waals surface area contributed by atoms with Crippen LogP contribution in [0.5, 0.6) is 0 Å². The third kappa shape index (κ3) is 5.68. The van der Waals surface area contributed by atoms with Gasteiger partial charge >= 0.3 is 0 Å². The summed E-state index contributed by atoms with van der Waals surface area (Å²) >= 11 is 0. The van der Waals surface area contributed by atoms with Crippen molar-refractivity contribution in [1.29, 1.82) is 0 Å². The minimum Gasteiger partial charge on any atom is -0.395 e. The molecule has 1 fully saturated rings. The minimum atomic E-state index is 0.101. The van der Waals surface area contributed by atoms with Crippen molar-refractivity contribution >= 4 is 29.0 Å². The van der Waals surface area contributed by atoms with E-state index in [2.05, 4.69) is 57.9 Å². The van der Waals surface area contributed by atoms with Gasteiger partial charge in [0.2, 0.25) is 5.95 Å². The largest absolute Gasteiger partial charge is 0.395 e. The van der Waals surface area contributed by atoms with Gasteiger partial charge in [0.25, 0.3) is 0 Å². The van der Waals surface area contributed by atoms with E-state index in [0.29, 0.717) is 23.4 Å². The van der Waals surface area contributed by atoms with Crippen LogP contribution in [0.4, 0.5) is 29.0 Å². The molecule has 1 aliphatic heterocycles. The van der Waals surface area contributed by atoms with Crippen molar-refractivity contribution in [2.24, 2.45) is 0 Å². The van der Waals surface area contributed by atoms with E-state index in [0.717, 1.165) is 42.4 Å². The molecular formula is C25H27N9O. The molecule has 4 N–H and O–H groups in total. The van der Waals surface area contributed by atoms with Gasteiger partial charge in [-0.1, -0.05) is 6.07 Å². The quantitative estimate of drug-likeness (QED) is 0.321. The molecule has 0 bridgehead atoms. The summed E-state index contributed by atoms with van der Waals surface area (Å²) in [5.41, 5.74) is 3.63. The summed E-state index contributed by atoms with van der Waals surface area (Å²) in [6.45, 7) is 4.62. The molecule has 0 amide bonds. The van der Waals surface area contributed by atoms with Crippen LogP contribution in [0.15, 0.2) is 67.0 Å². The van der Waals surface area contributed by atoms with Gasteiger partial charge in [0.1, 0.15) is 17.3 Å². The van der Waals surface area contributed by atoms with Crippen LogP contribution in [0.25, 0.3) is 11.5 Å². The van der Waals surface area contributed by atoms with Crippen LogP contribution in [0.1, 0.15) is 5.69 Å². The number of aromatic nitrogens is 5. The number of nitrogens with one attached hydrogen (secondary N) is 3. The predicted molar refractivity (Wildman–Crippen MR) is 136 cm³/mol. The summed E-state index contributed by atoms with van der Waals surface area (Å²) in [4.78, 5) is 24.6. The molecule has 0 aliphatic carbocycles. The van der Waals surface area contributed by atoms with Gasteiger partial charge in [0, 0.05) is 55.1 Å². The zero-order chi connectivity index (χ0) is 24.0. The maximum Gasteiger partial charge on any atom is 0.229 e. The second kappa shape index (κ2) is 10.4. The Bertz CT molecular complexity index is 1280. The highest BCUT2D eigenvalue weighted by molar-refractivity contribution is 5.62. The highest BCUT2D eigenvalue weighted by Gasteiger charge is 2.18. The van der Waals surface area contributed by atoms with E-state index in [1.807, 2.05) is 37.3 Å². The van der Waals surface area contributed by atoms with Crippen molar-refractivity contribution < 1.29 is 5.11 Å². The first kappa shape index (κ1) is 22.6. The van der Waals surface area contributed by atoms with Crippen LogP contribution in [0.3, 0.4) is 0 Å². The molecule has 10 nitrogen and oxygen atoms in total. The smallest absolute Gasteiger partial charge is 0.229 e. The fraction of sp³-hybridized carbons (Fsp3) is 0.240. The molecule has 4 heterocycles. The molecule has 3 aromatic heterocycles. The van der Waals surface area contributed by atoms with Crippen LogP contribution in [0.2, 0.25) is 0 Å². The monoisotopic (exact) mass is 469 g/mol. The molecule has 1 aliphatic rings. The van der Waals surface area contributed by atoms with E-state index >= 15 is 0 Å². The van der Waals surface area contributed by atoms with E-state index in [9.17, 15) is 5.11 Å². The fourth-order valence-corrected chi connectivity index (χ4v) is 3.91. The van der Waals surface area contributed by atoms with Crippen molar-refractivity contribution in [2.75, 3.05) is 41.8 Å². The summed E-state index contributed by atoms with van der Waals surface area (Å²) in [5, 5.41) is 19.2. The maximum atomic E-state index is 9.43. The normalized spacial score (nSPS) is 15.6. The Morgan fingerprint density at radius 3 is 2.54 bits per heavy atom. The number of benzene rings is 1. The zero-order valence-electron chi connectivity index (χ0n) is 19.4. The highest BCUT2D eigenvalue weighted by Crippen LogP contribution is 2.22. The molecule has 35 heavy (non-hydrogen) atoms. The van der Waals surface area contributed by atoms with Crippen molar-refractivity contribution in [3.63, 3.8) is 0 Å². The van der Waals surface area contributed by atoms with Crippen LogP contribution < -0.4 is 20.9 Å². The van der Waals surface area contributed by atoms with Gasteiger partial charge in [-0.3, -0.25) is 0 Å². The van der Waals surface area contributed by atoms with Crippen molar-refractivity contribution in [1.82, 2.24) is 30.2 Å². The number of anilines is 5. The fourth-order valence-electron chi connectivity index (χ4n) is 3.91. The van der Waals surface area contributed by atoms with Gasteiger partial charge in [-0.2, -0.15) is 4.98 Å². The molecule has 1 aromatic carbocycles. The first-order chi connectivity index (χ1) is 17.2. The number of aliphatic hydroxyl groups excluding tert-OH is 1. The van der Waals surface area contributed by atoms with Crippen molar-refractivity contribution in [2.45, 2.75) is 13.0 Å². The Balaban J connectivity index is 1.25. The maximum absolute atomic E-state index is 9.43. The molecule has 1 saturated heterocycles. The van der Waals surface area contributed by atoms with Gasteiger partial charge in [-0.05, 0) is 55.5 Å². The first-order valence-electron chi connectivity index (χ1n) is 11.5. The first-order valence-corrected chi connectivity index (χ1v) is 11.5. The van der Waals surface area contributed by atoms with E-state index < -0.39 is 0 Å². The molecule has 4 aromatic rings. The van der Waals surface area contributed by atoms with Crippen LogP contribution in [0, 0.1) is 6.92 Å². The average Bonchev–Trinajstić information content (AvgIpc) is 2.89. The molecule has 0 radical (unpaired) electrons. The third-order valence-electron chi connectivity index (χ3n) is 5.65. The SMILES string of the molecule is Cc1cccc(-c2nccc(Nc3ccnc(Nc4ccc(N5CCN[C@@H](CO)C5)cc4)n3)n2)n1. The zero-order valence-corrected chi connectivity index (χ0v) is 19.4. The van der Waals surface area contributed by atoms with Crippen molar-refractivity contribution in [3.05, 3.63) is 72.7 Å². The van der Waals surface area contributed by atoms with Gasteiger partial charge in [-0.15, -0.1) is 0 Å². The van der Waals surface area contributed by atoms with Gasteiger partial charge in [0.15, 0.2) is 5.82 Å². The number of nitrogens with zero attached hydrogens (tertiary/aromatic N) is 6. The topological polar surface area (TPSA) is 124 Å². The summed E-state index contributed by atoms with van der Waals surface area (Å²) in [5.74, 6) is 2.24. The lowest BCUT2D eigenvalue weighted by Gasteiger charge is -2.34. The Kier molecular flexibility index (Phi) is 6.73. The van der Waals surface area contributed by atoms with Crippen molar-refractivity contribution in [3.8, 4) is 11.5 Å². The molecule has 0 spiro atoms. The number of hydrogen-bond acceptors (Lipinski definition) is 10. The number of piperazine rings is 1. The second-order valence-corrected chi connectivity index (χ2v) is 8.27. The predicted octanol–water partition coefficient (Wildman–Crippen LogP) is 2.89. The Hall–Kier alpha value is -4.15. The third-order valence-corrected chi connectivity index (χ3v) is 5.65. The minimum absolute atomic E-state index is 0.101. The van der Waals surface area contributed by atoms with Gasteiger partial charge in [-0.25, -0.2) is 19.9 Å². The van der Waals surface area contributed by atoms with E-state index in [-0.39, 0.29) is 12.6 Å². The molecule has 178 valence electrons. The summed E-state index contributed by atoms with van der Waals surface area (Å²) in [6, 6.07) is 17.5. The standard InChI is InChI=1S/C25H27N9O/c1-17-3-2-4-21(29-17)24-27-11-9-22(32-24)31-23-10-12-28-25(33-23)30-18-5-7-20(8-6-18)34-14-13-26-19(15-34)16-35/h2-12,19,26,35H,13-16H2,1H3,(H2,27,28,30,31,32,33)/t19-/m1/s1. The molecule has 1 atom stereocenters. The molecule has 5 rings (SSSR count). The summed E-state index contributed by atoms with van der Waals surface area (Å²) in [6.07, 6.45) is 3.38. The van der Waals surface area contributed by atoms with Gasteiger partial charge < -0.3 is 26.0 Å². The average molecular weight is 470 g/mol. The lowest BCUT2D eigenvalue weighted by atomic mass is 10.2. The molecule has 10 heteroatoms. The second-order valence-electron chi connectivity index (χ2n) is 8.27. The molecule has 0 unspecified atom stereocenters. The number of pyridine rings is 1. The summed E-state index contributed by atoms with van der Waals surface area (Å²) < 4.78 is 0. The lowest BCUT2D eigenvalue weighted by Crippen LogP contribution is -2.52. The van der Waals surface area contributed by atoms with Crippen LogP contribution in [-0.4, -0.2) is 62.3 Å². The number of aryl methyl sites for hydroxylation is 1. The molecular weight excluding hydrogens is 442 g/mol. The number of aliphatic hydroxyl groups is 1. The van der Waals surface area contributed by atoms with Crippen LogP contribution >= 0.6 is 0 Å². The Morgan fingerprint density at radius 2 is 1.74 bits per heavy atom. The Morgan fingerprint density at radius 1 is 0.943 bits per heavy atom.